The largest absolute Gasteiger partial charge is 0.565 e. The third-order valence-electron chi connectivity index (χ3n) is 2.67. The van der Waals surface area contributed by atoms with Gasteiger partial charge in [-0.25, -0.2) is 4.39 Å². The van der Waals surface area contributed by atoms with Crippen LogP contribution >= 0.6 is 0 Å². The van der Waals surface area contributed by atoms with Crippen LogP contribution in [-0.2, 0) is 20.7 Å². The number of carbonyl (C=O) groups excluding carboxylic acids is 2. The van der Waals surface area contributed by atoms with Crippen LogP contribution in [0.2, 0.25) is 0 Å². The van der Waals surface area contributed by atoms with Gasteiger partial charge in [-0.2, -0.15) is 0 Å². The average molecular weight is 251 g/mol. The molecular weight excluding hydrogens is 240 g/mol. The smallest absolute Gasteiger partial charge is 0.506 e. The van der Waals surface area contributed by atoms with E-state index in [0.29, 0.717) is 5.46 Å². The first-order valence-corrected chi connectivity index (χ1v) is 5.46. The third kappa shape index (κ3) is 2.21. The Balaban J connectivity index is 2.36. The average Bonchev–Trinajstić information content (AvgIpc) is 2.72. The summed E-state index contributed by atoms with van der Waals surface area (Å²) in [6, 6.07) is 2.44. The number of amides is 1. The van der Waals surface area contributed by atoms with Crippen molar-refractivity contribution in [2.75, 3.05) is 0 Å². The van der Waals surface area contributed by atoms with Crippen molar-refractivity contribution in [1.29, 1.82) is 0 Å². The Bertz CT molecular complexity index is 520. The Labute approximate surface area is 103 Å². The van der Waals surface area contributed by atoms with Crippen LogP contribution in [0.5, 0.6) is 0 Å². The van der Waals surface area contributed by atoms with Crippen molar-refractivity contribution in [1.82, 2.24) is 0 Å². The molecule has 0 saturated heterocycles. The minimum absolute atomic E-state index is 0.00185. The van der Waals surface area contributed by atoms with Crippen LogP contribution in [0.4, 0.5) is 4.39 Å². The third-order valence-corrected chi connectivity index (χ3v) is 2.67. The molecule has 1 aliphatic heterocycles. The van der Waals surface area contributed by atoms with Crippen LogP contribution in [0.1, 0.15) is 29.3 Å². The number of primary amides is 1. The first kappa shape index (κ1) is 12.6. The van der Waals surface area contributed by atoms with Crippen molar-refractivity contribution in [2.45, 2.75) is 20.0 Å². The number of nitrogens with two attached hydrogens (primary N) is 1. The molecule has 0 bridgehead atoms. The number of hydrogen-bond donors (Lipinski definition) is 1. The molecule has 0 fully saturated rings. The molecule has 5 nitrogen and oxygen atoms in total. The summed E-state index contributed by atoms with van der Waals surface area (Å²) in [7, 11) is -0.971. The van der Waals surface area contributed by atoms with Gasteiger partial charge in [0.1, 0.15) is 5.82 Å². The van der Waals surface area contributed by atoms with Crippen molar-refractivity contribution < 1.29 is 23.3 Å². The van der Waals surface area contributed by atoms with Gasteiger partial charge in [0.25, 0.3) is 5.97 Å². The molecule has 0 aliphatic carbocycles. The van der Waals surface area contributed by atoms with E-state index in [0.717, 1.165) is 6.07 Å². The quantitative estimate of drug-likeness (QED) is 0.773. The highest BCUT2D eigenvalue weighted by molar-refractivity contribution is 6.64. The second-order valence-corrected chi connectivity index (χ2v) is 3.88. The summed E-state index contributed by atoms with van der Waals surface area (Å²) in [5, 5.41) is 0. The van der Waals surface area contributed by atoms with Gasteiger partial charge < -0.3 is 15.0 Å². The molecule has 0 aromatic heterocycles. The number of halogens is 1. The molecule has 0 atom stereocenters. The van der Waals surface area contributed by atoms with Crippen LogP contribution in [0.25, 0.3) is 0 Å². The van der Waals surface area contributed by atoms with E-state index in [9.17, 15) is 14.0 Å². The van der Waals surface area contributed by atoms with Gasteiger partial charge in [0.2, 0.25) is 5.91 Å². The molecular formula is C11H11BFNO4. The predicted octanol–water partition coefficient (Wildman–Crippen LogP) is 0.103. The molecule has 18 heavy (non-hydrogen) atoms. The molecule has 0 unspecified atom stereocenters. The molecule has 0 spiro atoms. The van der Waals surface area contributed by atoms with Crippen LogP contribution < -0.4 is 11.2 Å². The second-order valence-electron chi connectivity index (χ2n) is 3.88. The lowest BCUT2D eigenvalue weighted by atomic mass is 9.77. The topological polar surface area (TPSA) is 78.6 Å². The lowest BCUT2D eigenvalue weighted by molar-refractivity contribution is -0.135. The maximum atomic E-state index is 13.7. The summed E-state index contributed by atoms with van der Waals surface area (Å²) in [5.41, 5.74) is 5.74. The molecule has 1 aromatic carbocycles. The van der Waals surface area contributed by atoms with Gasteiger partial charge in [-0.3, -0.25) is 9.59 Å². The van der Waals surface area contributed by atoms with Gasteiger partial charge in [0.15, 0.2) is 0 Å². The van der Waals surface area contributed by atoms with Gasteiger partial charge in [-0.15, -0.1) is 0 Å². The monoisotopic (exact) mass is 251 g/mol. The van der Waals surface area contributed by atoms with E-state index >= 15 is 0 Å². The van der Waals surface area contributed by atoms with Gasteiger partial charge in [-0.05, 0) is 12.1 Å². The molecule has 1 aromatic rings. The van der Waals surface area contributed by atoms with Crippen molar-refractivity contribution in [3.8, 4) is 0 Å². The number of carbonyl (C=O) groups is 2. The molecule has 1 aliphatic rings. The fraction of sp³-hybridized carbons (Fsp3) is 0.273. The van der Waals surface area contributed by atoms with Crippen LogP contribution in [0.3, 0.4) is 0 Å². The Kier molecular flexibility index (Phi) is 3.33. The highest BCUT2D eigenvalue weighted by Gasteiger charge is 2.36. The van der Waals surface area contributed by atoms with Crippen LogP contribution in [0.15, 0.2) is 12.1 Å². The SMILES string of the molecule is CCC(=O)OB1OCc2c(F)cc(C(N)=O)cc21. The second kappa shape index (κ2) is 4.77. The molecule has 94 valence electrons. The van der Waals surface area contributed by atoms with Crippen molar-refractivity contribution >= 4 is 24.5 Å². The minimum Gasteiger partial charge on any atom is -0.506 e. The highest BCUT2D eigenvalue weighted by Crippen LogP contribution is 2.17. The number of rotatable bonds is 3. The number of fused-ring (bicyclic) bond motifs is 1. The van der Waals surface area contributed by atoms with Crippen molar-refractivity contribution in [2.24, 2.45) is 5.73 Å². The zero-order valence-corrected chi connectivity index (χ0v) is 9.73. The molecule has 1 amide bonds. The summed E-state index contributed by atoms with van der Waals surface area (Å²) in [4.78, 5) is 22.2. The maximum absolute atomic E-state index is 13.7. The van der Waals surface area contributed by atoms with E-state index in [2.05, 4.69) is 0 Å². The van der Waals surface area contributed by atoms with Gasteiger partial charge in [0.05, 0.1) is 6.61 Å². The molecule has 7 heteroatoms. The van der Waals surface area contributed by atoms with Crippen LogP contribution in [-0.4, -0.2) is 19.0 Å². The summed E-state index contributed by atoms with van der Waals surface area (Å²) in [6.45, 7) is 1.64. The van der Waals surface area contributed by atoms with Gasteiger partial charge in [-0.1, -0.05) is 6.92 Å². The summed E-state index contributed by atoms with van der Waals surface area (Å²) < 4.78 is 23.8. The van der Waals surface area contributed by atoms with E-state index in [-0.39, 0.29) is 24.2 Å². The molecule has 0 radical (unpaired) electrons. The van der Waals surface area contributed by atoms with Gasteiger partial charge in [0, 0.05) is 23.0 Å². The van der Waals surface area contributed by atoms with Crippen LogP contribution in [0, 0.1) is 5.82 Å². The Morgan fingerprint density at radius 2 is 2.28 bits per heavy atom. The first-order valence-electron chi connectivity index (χ1n) is 5.46. The lowest BCUT2D eigenvalue weighted by Crippen LogP contribution is -2.35. The van der Waals surface area contributed by atoms with Crippen molar-refractivity contribution in [3.05, 3.63) is 29.1 Å². The summed E-state index contributed by atoms with van der Waals surface area (Å²) in [6.07, 6.45) is 0.188. The normalized spacial score (nSPS) is 13.3. The minimum atomic E-state index is -0.971. The number of hydrogen-bond acceptors (Lipinski definition) is 4. The van der Waals surface area contributed by atoms with E-state index in [1.54, 1.807) is 6.92 Å². The molecule has 1 heterocycles. The van der Waals surface area contributed by atoms with E-state index in [1.807, 2.05) is 0 Å². The maximum Gasteiger partial charge on any atom is 0.565 e. The Morgan fingerprint density at radius 3 is 2.89 bits per heavy atom. The predicted molar refractivity (Wildman–Crippen MR) is 61.5 cm³/mol. The van der Waals surface area contributed by atoms with Gasteiger partial charge >= 0.3 is 7.12 Å². The van der Waals surface area contributed by atoms with E-state index < -0.39 is 24.8 Å². The Hall–Kier alpha value is -1.89. The molecule has 2 N–H and O–H groups in total. The standard InChI is InChI=1S/C11H11BFNO4/c1-2-10(15)18-12-8-3-6(11(14)16)4-9(13)7(8)5-17-12/h3-4H,2,5H2,1H3,(H2,14,16). The van der Waals surface area contributed by atoms with Crippen molar-refractivity contribution in [3.63, 3.8) is 0 Å². The zero-order chi connectivity index (χ0) is 13.3. The first-order chi connectivity index (χ1) is 8.52. The fourth-order valence-corrected chi connectivity index (χ4v) is 1.71. The van der Waals surface area contributed by atoms with E-state index in [4.69, 9.17) is 15.0 Å². The molecule has 2 rings (SSSR count). The van der Waals surface area contributed by atoms with E-state index in [1.165, 1.54) is 6.07 Å². The zero-order valence-electron chi connectivity index (χ0n) is 9.73. The number of benzene rings is 1. The Morgan fingerprint density at radius 1 is 1.56 bits per heavy atom. The summed E-state index contributed by atoms with van der Waals surface area (Å²) >= 11 is 0. The highest BCUT2D eigenvalue weighted by atomic mass is 19.1. The fourth-order valence-electron chi connectivity index (χ4n) is 1.71. The molecule has 0 saturated carbocycles. The summed E-state index contributed by atoms with van der Waals surface area (Å²) in [5.74, 6) is -1.79. The lowest BCUT2D eigenvalue weighted by Gasteiger charge is -2.08.